The summed E-state index contributed by atoms with van der Waals surface area (Å²) in [7, 11) is 1.86. The quantitative estimate of drug-likeness (QED) is 0.499. The van der Waals surface area contributed by atoms with Gasteiger partial charge in [0.25, 0.3) is 5.91 Å². The number of rotatable bonds is 4. The van der Waals surface area contributed by atoms with Crippen molar-refractivity contribution in [2.75, 3.05) is 13.1 Å². The summed E-state index contributed by atoms with van der Waals surface area (Å²) in [6.07, 6.45) is 5.80. The molecular weight excluding hydrogens is 404 g/mol. The summed E-state index contributed by atoms with van der Waals surface area (Å²) < 4.78 is 5.46. The molecule has 32 heavy (non-hydrogen) atoms. The smallest absolute Gasteiger partial charge is 0.330 e. The van der Waals surface area contributed by atoms with Crippen LogP contribution >= 0.6 is 0 Å². The number of carbonyl (C=O) groups excluding carboxylic acids is 1. The lowest BCUT2D eigenvalue weighted by atomic mass is 10.0. The minimum Gasteiger partial charge on any atom is -0.335 e. The van der Waals surface area contributed by atoms with Gasteiger partial charge in [0, 0.05) is 38.3 Å². The third-order valence-electron chi connectivity index (χ3n) is 6.87. The van der Waals surface area contributed by atoms with E-state index < -0.39 is 0 Å². The highest BCUT2D eigenvalue weighted by Gasteiger charge is 2.32. The van der Waals surface area contributed by atoms with Crippen LogP contribution in [0.4, 0.5) is 0 Å². The number of benzene rings is 1. The van der Waals surface area contributed by atoms with Crippen LogP contribution in [0, 0.1) is 5.92 Å². The number of nitrogens with zero attached hydrogens (tertiary/aromatic N) is 6. The standard InChI is InChI=1S/C24H26N6O2/c1-27-19-8-3-2-7-18(19)21(26-27)23(31)28-13-5-6-17(15-28)30-22-20(9-4-12-25-22)29(24(30)32)14-16-10-11-16/h2-4,7-9,12,16-17H,5-6,10-11,13-15H2,1H3/t17-/m0/s1. The average Bonchev–Trinajstić information content (AvgIpc) is 3.53. The first-order valence-electron chi connectivity index (χ1n) is 11.4. The normalized spacial score (nSPS) is 19.2. The fourth-order valence-electron chi connectivity index (χ4n) is 5.04. The predicted molar refractivity (Wildman–Crippen MR) is 122 cm³/mol. The van der Waals surface area contributed by atoms with E-state index in [0.29, 0.717) is 24.7 Å². The third kappa shape index (κ3) is 3.04. The molecule has 4 aromatic rings. The van der Waals surface area contributed by atoms with E-state index in [2.05, 4.69) is 10.1 Å². The predicted octanol–water partition coefficient (Wildman–Crippen LogP) is 2.97. The Balaban J connectivity index is 1.35. The Morgan fingerprint density at radius 3 is 2.75 bits per heavy atom. The Bertz CT molecular complexity index is 1390. The van der Waals surface area contributed by atoms with Crippen LogP contribution in [0.15, 0.2) is 47.4 Å². The van der Waals surface area contributed by atoms with Crippen LogP contribution in [0.1, 0.15) is 42.2 Å². The molecule has 3 aromatic heterocycles. The molecule has 1 aromatic carbocycles. The fraction of sp³-hybridized carbons (Fsp3) is 0.417. The van der Waals surface area contributed by atoms with Gasteiger partial charge in [-0.1, -0.05) is 18.2 Å². The van der Waals surface area contributed by atoms with Crippen molar-refractivity contribution in [1.29, 1.82) is 0 Å². The Morgan fingerprint density at radius 2 is 1.91 bits per heavy atom. The molecule has 0 unspecified atom stereocenters. The molecule has 0 bridgehead atoms. The van der Waals surface area contributed by atoms with Gasteiger partial charge in [-0.15, -0.1) is 0 Å². The van der Waals surface area contributed by atoms with Gasteiger partial charge in [0.05, 0.1) is 17.1 Å². The molecule has 4 heterocycles. The van der Waals surface area contributed by atoms with E-state index in [-0.39, 0.29) is 17.6 Å². The largest absolute Gasteiger partial charge is 0.335 e. The molecule has 1 amide bonds. The highest BCUT2D eigenvalue weighted by Crippen LogP contribution is 2.32. The maximum Gasteiger partial charge on any atom is 0.330 e. The summed E-state index contributed by atoms with van der Waals surface area (Å²) in [5.41, 5.74) is 3.02. The zero-order valence-corrected chi connectivity index (χ0v) is 18.1. The van der Waals surface area contributed by atoms with Crippen molar-refractivity contribution in [3.63, 3.8) is 0 Å². The SMILES string of the molecule is Cn1nc(C(=O)N2CCC[C@H](n3c(=O)n(CC4CC4)c4cccnc43)C2)c2ccccc21. The molecule has 8 nitrogen and oxygen atoms in total. The van der Waals surface area contributed by atoms with Crippen LogP contribution in [0.3, 0.4) is 0 Å². The summed E-state index contributed by atoms with van der Waals surface area (Å²) in [6, 6.07) is 11.6. The molecule has 2 fully saturated rings. The maximum atomic E-state index is 13.5. The van der Waals surface area contributed by atoms with E-state index >= 15 is 0 Å². The number of likely N-dealkylation sites (tertiary alicyclic amines) is 1. The minimum atomic E-state index is -0.0898. The fourth-order valence-corrected chi connectivity index (χ4v) is 5.04. The van der Waals surface area contributed by atoms with E-state index in [9.17, 15) is 9.59 Å². The third-order valence-corrected chi connectivity index (χ3v) is 6.87. The number of piperidine rings is 1. The molecule has 6 rings (SSSR count). The molecule has 1 aliphatic heterocycles. The van der Waals surface area contributed by atoms with Gasteiger partial charge in [0.2, 0.25) is 0 Å². The van der Waals surface area contributed by atoms with Crippen molar-refractivity contribution in [2.45, 2.75) is 38.3 Å². The van der Waals surface area contributed by atoms with Gasteiger partial charge in [-0.25, -0.2) is 9.78 Å². The van der Waals surface area contributed by atoms with Crippen LogP contribution in [0.25, 0.3) is 22.1 Å². The first kappa shape index (κ1) is 19.3. The Morgan fingerprint density at radius 1 is 1.09 bits per heavy atom. The lowest BCUT2D eigenvalue weighted by Gasteiger charge is -2.32. The molecule has 0 spiro atoms. The number of fused-ring (bicyclic) bond motifs is 2. The molecule has 164 valence electrons. The molecule has 0 N–H and O–H groups in total. The van der Waals surface area contributed by atoms with E-state index in [4.69, 9.17) is 0 Å². The Hall–Kier alpha value is -3.42. The molecule has 1 atom stereocenters. The minimum absolute atomic E-state index is 0.00631. The second kappa shape index (κ2) is 7.32. The topological polar surface area (TPSA) is 78.0 Å². The number of hydrogen-bond acceptors (Lipinski definition) is 4. The molecular formula is C24H26N6O2. The molecule has 1 aliphatic carbocycles. The van der Waals surface area contributed by atoms with Gasteiger partial charge in [-0.05, 0) is 49.8 Å². The van der Waals surface area contributed by atoms with E-state index in [0.717, 1.165) is 41.5 Å². The zero-order chi connectivity index (χ0) is 21.8. The number of carbonyl (C=O) groups is 1. The van der Waals surface area contributed by atoms with Crippen molar-refractivity contribution in [3.8, 4) is 0 Å². The average molecular weight is 431 g/mol. The van der Waals surface area contributed by atoms with E-state index in [1.165, 1.54) is 12.8 Å². The highest BCUT2D eigenvalue weighted by molar-refractivity contribution is 6.04. The molecule has 8 heteroatoms. The summed E-state index contributed by atoms with van der Waals surface area (Å²) in [4.78, 5) is 33.3. The molecule has 1 saturated carbocycles. The van der Waals surface area contributed by atoms with Gasteiger partial charge in [-0.2, -0.15) is 5.10 Å². The molecule has 1 saturated heterocycles. The molecule has 2 aliphatic rings. The van der Waals surface area contributed by atoms with Crippen LogP contribution in [-0.4, -0.2) is 47.8 Å². The second-order valence-corrected chi connectivity index (χ2v) is 9.09. The Kier molecular flexibility index (Phi) is 4.41. The second-order valence-electron chi connectivity index (χ2n) is 9.09. The van der Waals surface area contributed by atoms with Crippen LogP contribution < -0.4 is 5.69 Å². The number of pyridine rings is 1. The van der Waals surface area contributed by atoms with Crippen molar-refractivity contribution >= 4 is 28.0 Å². The Labute approximate surface area is 185 Å². The van der Waals surface area contributed by atoms with Crippen LogP contribution in [-0.2, 0) is 13.6 Å². The lowest BCUT2D eigenvalue weighted by Crippen LogP contribution is -2.43. The number of hydrogen-bond donors (Lipinski definition) is 0. The summed E-state index contributed by atoms with van der Waals surface area (Å²) in [5.74, 6) is 0.517. The van der Waals surface area contributed by atoms with Crippen molar-refractivity contribution in [3.05, 3.63) is 58.8 Å². The van der Waals surface area contributed by atoms with Crippen molar-refractivity contribution < 1.29 is 4.79 Å². The van der Waals surface area contributed by atoms with Gasteiger partial charge in [0.1, 0.15) is 0 Å². The summed E-state index contributed by atoms with van der Waals surface area (Å²) >= 11 is 0. The maximum absolute atomic E-state index is 13.5. The van der Waals surface area contributed by atoms with Crippen LogP contribution in [0.5, 0.6) is 0 Å². The summed E-state index contributed by atoms with van der Waals surface area (Å²) in [5, 5.41) is 5.38. The zero-order valence-electron chi connectivity index (χ0n) is 18.1. The van der Waals surface area contributed by atoms with Gasteiger partial charge < -0.3 is 4.90 Å². The number of aryl methyl sites for hydroxylation is 1. The van der Waals surface area contributed by atoms with E-state index in [1.807, 2.05) is 57.5 Å². The number of amides is 1. The molecule has 0 radical (unpaired) electrons. The van der Waals surface area contributed by atoms with Crippen LogP contribution in [0.2, 0.25) is 0 Å². The van der Waals surface area contributed by atoms with Crippen molar-refractivity contribution in [2.24, 2.45) is 13.0 Å². The number of imidazole rings is 1. The number of para-hydroxylation sites is 1. The monoisotopic (exact) mass is 430 g/mol. The highest BCUT2D eigenvalue weighted by atomic mass is 16.2. The van der Waals surface area contributed by atoms with Gasteiger partial charge in [-0.3, -0.25) is 18.6 Å². The summed E-state index contributed by atoms with van der Waals surface area (Å²) in [6.45, 7) is 1.91. The first-order valence-corrected chi connectivity index (χ1v) is 11.4. The lowest BCUT2D eigenvalue weighted by molar-refractivity contribution is 0.0674. The van der Waals surface area contributed by atoms with E-state index in [1.54, 1.807) is 10.9 Å². The van der Waals surface area contributed by atoms with Gasteiger partial charge in [0.15, 0.2) is 11.3 Å². The number of aromatic nitrogens is 5. The first-order chi connectivity index (χ1) is 15.6. The van der Waals surface area contributed by atoms with Crippen molar-refractivity contribution in [1.82, 2.24) is 28.8 Å². The van der Waals surface area contributed by atoms with Gasteiger partial charge >= 0.3 is 5.69 Å².